The summed E-state index contributed by atoms with van der Waals surface area (Å²) in [5.74, 6) is 0.00752. The molecule has 5 rings (SSSR count). The molecular formula is C24H24BrClN6O3S2. The number of hydrogen-bond donors (Lipinski definition) is 1. The highest BCUT2D eigenvalue weighted by atomic mass is 79.9. The monoisotopic (exact) mass is 622 g/mol. The summed E-state index contributed by atoms with van der Waals surface area (Å²) in [6.45, 7) is 5.82. The molecule has 0 unspecified atom stereocenters. The van der Waals surface area contributed by atoms with Crippen LogP contribution in [0.2, 0.25) is 5.02 Å². The predicted molar refractivity (Wildman–Crippen MR) is 148 cm³/mol. The lowest BCUT2D eigenvalue weighted by Gasteiger charge is -2.44. The number of primary sulfonamides is 1. The minimum absolute atomic E-state index is 0.00752. The van der Waals surface area contributed by atoms with Gasteiger partial charge in [0.2, 0.25) is 10.0 Å². The molecule has 4 aromatic rings. The van der Waals surface area contributed by atoms with Gasteiger partial charge in [-0.1, -0.05) is 28.9 Å². The van der Waals surface area contributed by atoms with Gasteiger partial charge in [-0.25, -0.2) is 18.2 Å². The molecular weight excluding hydrogens is 600 g/mol. The second kappa shape index (κ2) is 10.1. The van der Waals surface area contributed by atoms with Crippen LogP contribution in [0.5, 0.6) is 0 Å². The van der Waals surface area contributed by atoms with Gasteiger partial charge in [0.05, 0.1) is 27.5 Å². The maximum Gasteiger partial charge on any atom is 0.264 e. The number of aromatic nitrogens is 3. The van der Waals surface area contributed by atoms with Crippen LogP contribution in [0.3, 0.4) is 0 Å². The Morgan fingerprint density at radius 1 is 1.19 bits per heavy atom. The number of piperazine rings is 1. The molecule has 1 aliphatic heterocycles. The van der Waals surface area contributed by atoms with Gasteiger partial charge in [-0.15, -0.1) is 16.4 Å². The van der Waals surface area contributed by atoms with Gasteiger partial charge in [-0.2, -0.15) is 0 Å². The van der Waals surface area contributed by atoms with Crippen molar-refractivity contribution in [3.8, 4) is 5.69 Å². The number of benzene rings is 2. The number of carbonyl (C=O) groups excluding carboxylic acids is 1. The summed E-state index contributed by atoms with van der Waals surface area (Å²) in [5.41, 5.74) is 1.03. The average molecular weight is 624 g/mol. The van der Waals surface area contributed by atoms with E-state index in [1.54, 1.807) is 24.4 Å². The lowest BCUT2D eigenvalue weighted by Crippen LogP contribution is -2.57. The Balaban J connectivity index is 1.31. The van der Waals surface area contributed by atoms with Crippen LogP contribution in [0.15, 0.2) is 58.0 Å². The van der Waals surface area contributed by atoms with Gasteiger partial charge in [-0.05, 0) is 60.1 Å². The molecule has 1 amide bonds. The van der Waals surface area contributed by atoms with Gasteiger partial charge >= 0.3 is 0 Å². The first-order valence-corrected chi connectivity index (χ1v) is 15.0. The molecule has 2 aromatic carbocycles. The van der Waals surface area contributed by atoms with Crippen molar-refractivity contribution in [2.75, 3.05) is 13.1 Å². The van der Waals surface area contributed by atoms with E-state index in [1.165, 1.54) is 22.1 Å². The van der Waals surface area contributed by atoms with E-state index in [2.05, 4.69) is 45.0 Å². The lowest BCUT2D eigenvalue weighted by molar-refractivity contribution is 0.0267. The number of sulfonamides is 1. The minimum atomic E-state index is -3.91. The van der Waals surface area contributed by atoms with Gasteiger partial charge in [0.15, 0.2) is 0 Å². The topological polar surface area (TPSA) is 114 Å². The number of amides is 1. The van der Waals surface area contributed by atoms with E-state index in [1.807, 2.05) is 23.1 Å². The maximum absolute atomic E-state index is 13.4. The van der Waals surface area contributed by atoms with Crippen LogP contribution >= 0.6 is 38.9 Å². The highest BCUT2D eigenvalue weighted by Crippen LogP contribution is 2.36. The van der Waals surface area contributed by atoms with Crippen molar-refractivity contribution in [1.82, 2.24) is 24.8 Å². The highest BCUT2D eigenvalue weighted by molar-refractivity contribution is 9.10. The van der Waals surface area contributed by atoms with Gasteiger partial charge in [0.1, 0.15) is 4.90 Å². The van der Waals surface area contributed by atoms with Gasteiger partial charge < -0.3 is 4.90 Å². The SMILES string of the molecule is C[C@@H]1CN(C(=O)c2cc3c(Br)c(Cl)ccc3s2)C[C@H](C)N1Cc1cn(-c2ccccc2S(N)(=O)=O)nn1. The molecule has 194 valence electrons. The number of carbonyl (C=O) groups is 1. The average Bonchev–Trinajstić information content (AvgIpc) is 3.50. The molecule has 1 saturated heterocycles. The number of halogens is 2. The fraction of sp³-hybridized carbons (Fsp3) is 0.292. The van der Waals surface area contributed by atoms with Gasteiger partial charge in [0.25, 0.3) is 5.91 Å². The normalized spacial score (nSPS) is 19.0. The Morgan fingerprint density at radius 3 is 2.59 bits per heavy atom. The fourth-order valence-electron chi connectivity index (χ4n) is 4.71. The Morgan fingerprint density at radius 2 is 1.89 bits per heavy atom. The Labute approximate surface area is 232 Å². The fourth-order valence-corrected chi connectivity index (χ4v) is 7.22. The molecule has 0 saturated carbocycles. The van der Waals surface area contributed by atoms with Crippen molar-refractivity contribution in [2.45, 2.75) is 37.4 Å². The first-order valence-electron chi connectivity index (χ1n) is 11.5. The molecule has 2 N–H and O–H groups in total. The second-order valence-corrected chi connectivity index (χ2v) is 12.9. The van der Waals surface area contributed by atoms with Crippen molar-refractivity contribution in [2.24, 2.45) is 5.14 Å². The quantitative estimate of drug-likeness (QED) is 0.355. The summed E-state index contributed by atoms with van der Waals surface area (Å²) in [6.07, 6.45) is 1.71. The van der Waals surface area contributed by atoms with Crippen LogP contribution in [0.1, 0.15) is 29.2 Å². The molecule has 0 aliphatic carbocycles. The molecule has 1 aliphatic rings. The summed E-state index contributed by atoms with van der Waals surface area (Å²) in [7, 11) is -3.91. The summed E-state index contributed by atoms with van der Waals surface area (Å²) in [6, 6.07) is 12.2. The Kier molecular flexibility index (Phi) is 7.16. The third kappa shape index (κ3) is 5.18. The van der Waals surface area contributed by atoms with E-state index in [0.29, 0.717) is 40.9 Å². The summed E-state index contributed by atoms with van der Waals surface area (Å²) < 4.78 is 27.2. The zero-order valence-electron chi connectivity index (χ0n) is 20.0. The number of hydrogen-bond acceptors (Lipinski definition) is 7. The molecule has 3 heterocycles. The van der Waals surface area contributed by atoms with Crippen LogP contribution in [0.4, 0.5) is 0 Å². The second-order valence-electron chi connectivity index (χ2n) is 9.13. The van der Waals surface area contributed by atoms with E-state index in [4.69, 9.17) is 16.7 Å². The third-order valence-electron chi connectivity index (χ3n) is 6.49. The van der Waals surface area contributed by atoms with E-state index in [-0.39, 0.29) is 22.9 Å². The molecule has 37 heavy (non-hydrogen) atoms. The van der Waals surface area contributed by atoms with Crippen LogP contribution in [0.25, 0.3) is 15.8 Å². The molecule has 9 nitrogen and oxygen atoms in total. The minimum Gasteiger partial charge on any atom is -0.335 e. The first kappa shape index (κ1) is 26.3. The lowest BCUT2D eigenvalue weighted by atomic mass is 10.1. The zero-order valence-corrected chi connectivity index (χ0v) is 24.0. The Bertz CT molecular complexity index is 1590. The number of para-hydroxylation sites is 1. The summed E-state index contributed by atoms with van der Waals surface area (Å²) in [5, 5.41) is 15.3. The summed E-state index contributed by atoms with van der Waals surface area (Å²) >= 11 is 11.2. The molecule has 2 aromatic heterocycles. The maximum atomic E-state index is 13.4. The molecule has 0 bridgehead atoms. The molecule has 0 radical (unpaired) electrons. The van der Waals surface area contributed by atoms with Crippen LogP contribution in [0, 0.1) is 0 Å². The van der Waals surface area contributed by atoms with E-state index in [9.17, 15) is 13.2 Å². The van der Waals surface area contributed by atoms with Crippen LogP contribution in [-0.2, 0) is 16.6 Å². The Hall–Kier alpha value is -2.35. The van der Waals surface area contributed by atoms with Crippen LogP contribution in [-0.4, -0.2) is 64.3 Å². The number of rotatable bonds is 5. The standard InChI is InChI=1S/C24H24BrClN6O3S2/c1-14-10-30(24(33)21-9-17-20(36-21)8-7-18(26)23(17)25)11-15(2)31(14)12-16-13-32(29-28-16)19-5-3-4-6-22(19)37(27,34)35/h3-9,13-15H,10-12H2,1-2H3,(H2,27,34,35)/t14-,15+. The van der Waals surface area contributed by atoms with Crippen molar-refractivity contribution in [1.29, 1.82) is 0 Å². The number of nitrogens with two attached hydrogens (primary N) is 1. The van der Waals surface area contributed by atoms with Gasteiger partial charge in [-0.3, -0.25) is 9.69 Å². The number of nitrogens with zero attached hydrogens (tertiary/aromatic N) is 5. The zero-order chi connectivity index (χ0) is 26.5. The van der Waals surface area contributed by atoms with Crippen LogP contribution < -0.4 is 5.14 Å². The molecule has 0 spiro atoms. The summed E-state index contributed by atoms with van der Waals surface area (Å²) in [4.78, 5) is 18.2. The van der Waals surface area contributed by atoms with E-state index < -0.39 is 10.0 Å². The molecule has 13 heteroatoms. The molecule has 1 fully saturated rings. The van der Waals surface area contributed by atoms with Crippen molar-refractivity contribution < 1.29 is 13.2 Å². The van der Waals surface area contributed by atoms with E-state index in [0.717, 1.165) is 14.6 Å². The smallest absolute Gasteiger partial charge is 0.264 e. The third-order valence-corrected chi connectivity index (χ3v) is 9.94. The first-order chi connectivity index (χ1) is 17.5. The largest absolute Gasteiger partial charge is 0.335 e. The molecule has 2 atom stereocenters. The van der Waals surface area contributed by atoms with Crippen molar-refractivity contribution in [3.05, 3.63) is 68.7 Å². The van der Waals surface area contributed by atoms with Crippen molar-refractivity contribution in [3.63, 3.8) is 0 Å². The predicted octanol–water partition coefficient (Wildman–Crippen LogP) is 4.28. The number of fused-ring (bicyclic) bond motifs is 1. The van der Waals surface area contributed by atoms with E-state index >= 15 is 0 Å². The highest BCUT2D eigenvalue weighted by Gasteiger charge is 2.33. The van der Waals surface area contributed by atoms with Gasteiger partial charge in [0, 0.05) is 46.3 Å². The number of thiophene rings is 1. The van der Waals surface area contributed by atoms with Crippen molar-refractivity contribution >= 4 is 64.9 Å².